The van der Waals surface area contributed by atoms with Gasteiger partial charge in [-0.1, -0.05) is 30.3 Å². The highest BCUT2D eigenvalue weighted by Gasteiger charge is 2.34. The zero-order chi connectivity index (χ0) is 16.9. The van der Waals surface area contributed by atoms with E-state index in [1.54, 1.807) is 0 Å². The van der Waals surface area contributed by atoms with E-state index >= 15 is 0 Å². The molecule has 0 aliphatic heterocycles. The van der Waals surface area contributed by atoms with Crippen molar-refractivity contribution in [3.05, 3.63) is 47.7 Å². The molecule has 122 valence electrons. The lowest BCUT2D eigenvalue weighted by Crippen LogP contribution is -2.29. The fraction of sp³-hybridized carbons (Fsp3) is 0.214. The van der Waals surface area contributed by atoms with Gasteiger partial charge in [-0.3, -0.25) is 0 Å². The highest BCUT2D eigenvalue weighted by molar-refractivity contribution is 7.80. The largest absolute Gasteiger partial charge is 0.481 e. The van der Waals surface area contributed by atoms with E-state index in [-0.39, 0.29) is 16.9 Å². The Kier molecular flexibility index (Phi) is 5.32. The van der Waals surface area contributed by atoms with E-state index in [0.29, 0.717) is 12.6 Å². The number of methoxy groups -OCH3 is 1. The summed E-state index contributed by atoms with van der Waals surface area (Å²) in [6.07, 6.45) is -4.61. The Balaban J connectivity index is 2.05. The molecular weight excluding hydrogens is 329 g/mol. The van der Waals surface area contributed by atoms with Crippen molar-refractivity contribution in [2.45, 2.75) is 12.7 Å². The van der Waals surface area contributed by atoms with E-state index in [9.17, 15) is 13.2 Å². The van der Waals surface area contributed by atoms with Gasteiger partial charge in [0.25, 0.3) is 0 Å². The molecule has 1 heterocycles. The molecule has 0 spiro atoms. The second-order valence-corrected chi connectivity index (χ2v) is 4.82. The average molecular weight is 342 g/mol. The molecule has 0 radical (unpaired) electrons. The van der Waals surface area contributed by atoms with Gasteiger partial charge in [0.1, 0.15) is 0 Å². The second-order valence-electron chi connectivity index (χ2n) is 4.41. The van der Waals surface area contributed by atoms with Gasteiger partial charge in [0.05, 0.1) is 7.11 Å². The van der Waals surface area contributed by atoms with Crippen molar-refractivity contribution in [2.75, 3.05) is 12.4 Å². The molecule has 1 aromatic heterocycles. The minimum absolute atomic E-state index is 0.107. The van der Waals surface area contributed by atoms with E-state index in [1.807, 2.05) is 30.3 Å². The first kappa shape index (κ1) is 16.9. The third-order valence-electron chi connectivity index (χ3n) is 2.72. The molecule has 0 saturated heterocycles. The van der Waals surface area contributed by atoms with Gasteiger partial charge in [-0.25, -0.2) is 4.98 Å². The SMILES string of the molecule is COc1cc(C(F)(F)F)nc(NC(=S)NCc2ccccc2)n1. The van der Waals surface area contributed by atoms with Gasteiger partial charge in [0, 0.05) is 12.6 Å². The summed E-state index contributed by atoms with van der Waals surface area (Å²) in [5.41, 5.74) is -0.142. The highest BCUT2D eigenvalue weighted by Crippen LogP contribution is 2.30. The molecule has 2 aromatic rings. The summed E-state index contributed by atoms with van der Waals surface area (Å²) in [6, 6.07) is 10.1. The van der Waals surface area contributed by atoms with Gasteiger partial charge in [-0.15, -0.1) is 0 Å². The molecule has 0 aliphatic carbocycles. The van der Waals surface area contributed by atoms with Gasteiger partial charge in [0.15, 0.2) is 10.8 Å². The van der Waals surface area contributed by atoms with Crippen LogP contribution in [0.4, 0.5) is 19.1 Å². The van der Waals surface area contributed by atoms with Crippen LogP contribution in [0.2, 0.25) is 0 Å². The van der Waals surface area contributed by atoms with E-state index < -0.39 is 11.9 Å². The molecular formula is C14H13F3N4OS. The van der Waals surface area contributed by atoms with Crippen molar-refractivity contribution in [2.24, 2.45) is 0 Å². The Morgan fingerprint density at radius 2 is 1.91 bits per heavy atom. The number of nitrogens with one attached hydrogen (secondary N) is 2. The Morgan fingerprint density at radius 1 is 1.22 bits per heavy atom. The monoisotopic (exact) mass is 342 g/mol. The van der Waals surface area contributed by atoms with Crippen molar-refractivity contribution in [1.82, 2.24) is 15.3 Å². The molecule has 23 heavy (non-hydrogen) atoms. The Labute approximate surface area is 135 Å². The van der Waals surface area contributed by atoms with Crippen LogP contribution in [0.1, 0.15) is 11.3 Å². The number of aromatic nitrogens is 2. The smallest absolute Gasteiger partial charge is 0.433 e. The van der Waals surface area contributed by atoms with Crippen molar-refractivity contribution in [3.8, 4) is 5.88 Å². The summed E-state index contributed by atoms with van der Waals surface area (Å²) >= 11 is 5.03. The molecule has 0 amide bonds. The molecule has 9 heteroatoms. The summed E-state index contributed by atoms with van der Waals surface area (Å²) in [5.74, 6) is -0.497. The third kappa shape index (κ3) is 5.06. The first-order valence-corrected chi connectivity index (χ1v) is 6.88. The van der Waals surface area contributed by atoms with Gasteiger partial charge in [0.2, 0.25) is 11.8 Å². The van der Waals surface area contributed by atoms with Crippen LogP contribution in [0.25, 0.3) is 0 Å². The zero-order valence-corrected chi connectivity index (χ0v) is 12.8. The van der Waals surface area contributed by atoms with Crippen molar-refractivity contribution in [1.29, 1.82) is 0 Å². The second kappa shape index (κ2) is 7.23. The van der Waals surface area contributed by atoms with Gasteiger partial charge in [-0.2, -0.15) is 18.2 Å². The van der Waals surface area contributed by atoms with E-state index in [2.05, 4.69) is 20.6 Å². The number of halogens is 3. The van der Waals surface area contributed by atoms with Crippen LogP contribution >= 0.6 is 12.2 Å². The minimum Gasteiger partial charge on any atom is -0.481 e. The van der Waals surface area contributed by atoms with E-state index in [0.717, 1.165) is 5.56 Å². The van der Waals surface area contributed by atoms with Crippen LogP contribution in [0.15, 0.2) is 36.4 Å². The first-order valence-electron chi connectivity index (χ1n) is 6.47. The van der Waals surface area contributed by atoms with Crippen LogP contribution < -0.4 is 15.4 Å². The number of benzene rings is 1. The summed E-state index contributed by atoms with van der Waals surface area (Å²) < 4.78 is 43.1. The molecule has 0 saturated carbocycles. The predicted octanol–water partition coefficient (Wildman–Crippen LogP) is 2.99. The summed E-state index contributed by atoms with van der Waals surface area (Å²) in [5, 5.41) is 5.49. The molecule has 2 N–H and O–H groups in total. The first-order chi connectivity index (χ1) is 10.9. The number of alkyl halides is 3. The minimum atomic E-state index is -4.61. The quantitative estimate of drug-likeness (QED) is 0.833. The van der Waals surface area contributed by atoms with Crippen LogP contribution in [-0.2, 0) is 12.7 Å². The highest BCUT2D eigenvalue weighted by atomic mass is 32.1. The molecule has 0 unspecified atom stereocenters. The van der Waals surface area contributed by atoms with Crippen LogP contribution in [0, 0.1) is 0 Å². The summed E-state index contributed by atoms with van der Waals surface area (Å²) in [7, 11) is 1.22. The van der Waals surface area contributed by atoms with Gasteiger partial charge >= 0.3 is 6.18 Å². The van der Waals surface area contributed by atoms with Crippen molar-refractivity contribution < 1.29 is 17.9 Å². The van der Waals surface area contributed by atoms with E-state index in [1.165, 1.54) is 7.11 Å². The normalized spacial score (nSPS) is 11.0. The van der Waals surface area contributed by atoms with Crippen molar-refractivity contribution >= 4 is 23.3 Å². The number of rotatable bonds is 4. The maximum Gasteiger partial charge on any atom is 0.433 e. The fourth-order valence-electron chi connectivity index (χ4n) is 1.65. The van der Waals surface area contributed by atoms with E-state index in [4.69, 9.17) is 17.0 Å². The van der Waals surface area contributed by atoms with Gasteiger partial charge in [-0.05, 0) is 17.8 Å². The Morgan fingerprint density at radius 3 is 2.52 bits per heavy atom. The molecule has 5 nitrogen and oxygen atoms in total. The molecule has 0 aliphatic rings. The molecule has 0 bridgehead atoms. The Hall–Kier alpha value is -2.42. The molecule has 1 aromatic carbocycles. The number of hydrogen-bond acceptors (Lipinski definition) is 4. The Bertz CT molecular complexity index is 679. The van der Waals surface area contributed by atoms with Crippen LogP contribution in [-0.4, -0.2) is 22.2 Å². The third-order valence-corrected chi connectivity index (χ3v) is 2.97. The summed E-state index contributed by atoms with van der Waals surface area (Å²) in [6.45, 7) is 0.419. The lowest BCUT2D eigenvalue weighted by molar-refractivity contribution is -0.141. The molecule has 0 fully saturated rings. The van der Waals surface area contributed by atoms with Crippen LogP contribution in [0.3, 0.4) is 0 Å². The molecule has 0 atom stereocenters. The fourth-order valence-corrected chi connectivity index (χ4v) is 1.82. The standard InChI is InChI=1S/C14H13F3N4OS/c1-22-11-7-10(14(15,16)17)19-12(20-11)21-13(23)18-8-9-5-3-2-4-6-9/h2-7H,8H2,1H3,(H2,18,19,20,21,23). The number of ether oxygens (including phenoxy) is 1. The number of hydrogen-bond donors (Lipinski definition) is 2. The number of anilines is 1. The zero-order valence-electron chi connectivity index (χ0n) is 12.0. The van der Waals surface area contributed by atoms with Gasteiger partial charge < -0.3 is 15.4 Å². The summed E-state index contributed by atoms with van der Waals surface area (Å²) in [4.78, 5) is 7.18. The number of thiocarbonyl (C=S) groups is 1. The predicted molar refractivity (Wildman–Crippen MR) is 83.1 cm³/mol. The topological polar surface area (TPSA) is 59.1 Å². The molecule has 2 rings (SSSR count). The lowest BCUT2D eigenvalue weighted by atomic mass is 10.2. The lowest BCUT2D eigenvalue weighted by Gasteiger charge is -2.12. The maximum absolute atomic E-state index is 12.8. The van der Waals surface area contributed by atoms with Crippen LogP contribution in [0.5, 0.6) is 5.88 Å². The average Bonchev–Trinajstić information content (AvgIpc) is 2.52. The maximum atomic E-state index is 12.8. The van der Waals surface area contributed by atoms with Crippen molar-refractivity contribution in [3.63, 3.8) is 0 Å². The number of nitrogens with zero attached hydrogens (tertiary/aromatic N) is 2.